The number of aromatic nitrogens is 6. The Kier molecular flexibility index (Phi) is 7.47. The summed E-state index contributed by atoms with van der Waals surface area (Å²) < 4.78 is 2.02. The molecule has 5 rings (SSSR count). The third kappa shape index (κ3) is 5.35. The number of aromatic amines is 1. The molecule has 1 N–H and O–H groups in total. The van der Waals surface area contributed by atoms with E-state index in [0.29, 0.717) is 30.0 Å². The van der Waals surface area contributed by atoms with Gasteiger partial charge in [-0.25, -0.2) is 4.98 Å². The van der Waals surface area contributed by atoms with Gasteiger partial charge < -0.3 is 9.47 Å². The van der Waals surface area contributed by atoms with Gasteiger partial charge in [0.2, 0.25) is 0 Å². The van der Waals surface area contributed by atoms with E-state index in [9.17, 15) is 10.1 Å². The molecule has 1 atom stereocenters. The van der Waals surface area contributed by atoms with Gasteiger partial charge in [-0.15, -0.1) is 10.2 Å². The first-order valence-corrected chi connectivity index (χ1v) is 13.1. The standard InChI is InChI=1S/C27H29ClN8O/c1-35-23(10-5-3-2-4-7-18-8-6-9-21(28)13-18)24(22-14-19(15-29)16-30-26(22)35)27(37)36-12-11-20(17-36)25-31-33-34-32-25/h6,8-9,13-14,16,20H,2-5,7,10-12,17H2,1H3,(H,31,32,33,34)/t20-/m0/s1. The molecule has 3 aromatic heterocycles. The van der Waals surface area contributed by atoms with Crippen LogP contribution < -0.4 is 0 Å². The number of nitriles is 1. The number of hydrogen-bond donors (Lipinski definition) is 1. The number of unbranched alkanes of at least 4 members (excludes halogenated alkanes) is 3. The number of carbonyl (C=O) groups excluding carboxylic acids is 1. The highest BCUT2D eigenvalue weighted by Crippen LogP contribution is 2.31. The summed E-state index contributed by atoms with van der Waals surface area (Å²) >= 11 is 6.10. The SMILES string of the molecule is Cn1c(CCCCCCc2cccc(Cl)c2)c(C(=O)N2CC[C@H](c3nn[nH]n3)C2)c2cc(C#N)cnc21. The van der Waals surface area contributed by atoms with Crippen molar-refractivity contribution in [2.75, 3.05) is 13.1 Å². The number of hydrogen-bond acceptors (Lipinski definition) is 6. The largest absolute Gasteiger partial charge is 0.338 e. The average molecular weight is 517 g/mol. The van der Waals surface area contributed by atoms with E-state index in [1.807, 2.05) is 34.7 Å². The minimum atomic E-state index is -0.0237. The molecule has 1 aromatic carbocycles. The second-order valence-corrected chi connectivity index (χ2v) is 10.1. The van der Waals surface area contributed by atoms with E-state index >= 15 is 0 Å². The van der Waals surface area contributed by atoms with Crippen LogP contribution in [0, 0.1) is 11.3 Å². The van der Waals surface area contributed by atoms with E-state index in [4.69, 9.17) is 11.6 Å². The number of carbonyl (C=O) groups is 1. The molecule has 0 saturated carbocycles. The van der Waals surface area contributed by atoms with Crippen LogP contribution in [-0.4, -0.2) is 54.1 Å². The van der Waals surface area contributed by atoms with Gasteiger partial charge in [-0.3, -0.25) is 4.79 Å². The van der Waals surface area contributed by atoms with Gasteiger partial charge in [-0.2, -0.15) is 10.5 Å². The fraction of sp³-hybridized carbons (Fsp3) is 0.407. The van der Waals surface area contributed by atoms with Gasteiger partial charge >= 0.3 is 0 Å². The predicted molar refractivity (Wildman–Crippen MR) is 140 cm³/mol. The maximum atomic E-state index is 13.9. The number of amides is 1. The van der Waals surface area contributed by atoms with Crippen molar-refractivity contribution in [1.29, 1.82) is 5.26 Å². The molecule has 0 aliphatic carbocycles. The van der Waals surface area contributed by atoms with E-state index in [1.165, 1.54) is 5.56 Å². The summed E-state index contributed by atoms with van der Waals surface area (Å²) in [6.45, 7) is 1.17. The third-order valence-electron chi connectivity index (χ3n) is 7.21. The molecule has 0 spiro atoms. The van der Waals surface area contributed by atoms with Crippen molar-refractivity contribution in [3.8, 4) is 6.07 Å². The van der Waals surface area contributed by atoms with Gasteiger partial charge in [0.15, 0.2) is 5.82 Å². The van der Waals surface area contributed by atoms with Gasteiger partial charge in [0.05, 0.1) is 11.1 Å². The quantitative estimate of drug-likeness (QED) is 0.325. The maximum absolute atomic E-state index is 13.9. The third-order valence-corrected chi connectivity index (χ3v) is 7.45. The first kappa shape index (κ1) is 24.9. The van der Waals surface area contributed by atoms with Crippen molar-refractivity contribution in [1.82, 2.24) is 35.1 Å². The number of nitrogens with zero attached hydrogens (tertiary/aromatic N) is 7. The molecule has 0 bridgehead atoms. The van der Waals surface area contributed by atoms with Gasteiger partial charge in [0.25, 0.3) is 5.91 Å². The van der Waals surface area contributed by atoms with Crippen LogP contribution in [0.1, 0.15) is 71.0 Å². The summed E-state index contributed by atoms with van der Waals surface area (Å²) in [4.78, 5) is 20.2. The second kappa shape index (κ2) is 11.1. The lowest BCUT2D eigenvalue weighted by Crippen LogP contribution is -2.29. The highest BCUT2D eigenvalue weighted by atomic mass is 35.5. The van der Waals surface area contributed by atoms with Gasteiger partial charge in [0.1, 0.15) is 11.7 Å². The van der Waals surface area contributed by atoms with E-state index in [2.05, 4.69) is 37.7 Å². The number of nitrogens with one attached hydrogen (secondary N) is 1. The van der Waals surface area contributed by atoms with Gasteiger partial charge in [0, 0.05) is 48.4 Å². The summed E-state index contributed by atoms with van der Waals surface area (Å²) in [5.41, 5.74) is 4.08. The van der Waals surface area contributed by atoms with Gasteiger partial charge in [-0.1, -0.05) is 41.8 Å². The normalized spacial score (nSPS) is 15.4. The minimum absolute atomic E-state index is 0.0237. The van der Waals surface area contributed by atoms with Crippen molar-refractivity contribution in [3.05, 3.63) is 69.8 Å². The number of H-pyrrole nitrogens is 1. The number of benzene rings is 1. The zero-order valence-electron chi connectivity index (χ0n) is 20.8. The molecule has 1 saturated heterocycles. The molecule has 9 nitrogen and oxygen atoms in total. The molecule has 1 amide bonds. The van der Waals surface area contributed by atoms with Crippen LogP contribution in [0.15, 0.2) is 36.5 Å². The lowest BCUT2D eigenvalue weighted by molar-refractivity contribution is 0.0791. The maximum Gasteiger partial charge on any atom is 0.256 e. The summed E-state index contributed by atoms with van der Waals surface area (Å²) in [5.74, 6) is 0.678. The smallest absolute Gasteiger partial charge is 0.256 e. The van der Waals surface area contributed by atoms with Crippen LogP contribution in [0.3, 0.4) is 0 Å². The highest BCUT2D eigenvalue weighted by Gasteiger charge is 2.33. The Hall–Kier alpha value is -3.77. The van der Waals surface area contributed by atoms with E-state index < -0.39 is 0 Å². The van der Waals surface area contributed by atoms with Crippen molar-refractivity contribution in [3.63, 3.8) is 0 Å². The summed E-state index contributed by atoms with van der Waals surface area (Å²) in [5, 5.41) is 25.3. The first-order valence-electron chi connectivity index (χ1n) is 12.7. The van der Waals surface area contributed by atoms with Crippen molar-refractivity contribution >= 4 is 28.5 Å². The molecule has 1 aliphatic heterocycles. The first-order chi connectivity index (χ1) is 18.0. The average Bonchev–Trinajstić information content (AvgIpc) is 3.66. The number of pyridine rings is 1. The Balaban J connectivity index is 1.30. The summed E-state index contributed by atoms with van der Waals surface area (Å²) in [7, 11) is 1.96. The number of likely N-dealkylation sites (tertiary alicyclic amines) is 1. The number of tetrazole rings is 1. The molecular formula is C27H29ClN8O. The van der Waals surface area contributed by atoms with Crippen molar-refractivity contribution in [2.45, 2.75) is 50.9 Å². The zero-order chi connectivity index (χ0) is 25.8. The van der Waals surface area contributed by atoms with E-state index in [-0.39, 0.29) is 11.8 Å². The van der Waals surface area contributed by atoms with E-state index in [0.717, 1.165) is 66.7 Å². The number of aryl methyl sites for hydroxylation is 2. The number of fused-ring (bicyclic) bond motifs is 1. The molecule has 10 heteroatoms. The summed E-state index contributed by atoms with van der Waals surface area (Å²) in [6.07, 6.45) is 8.38. The Bertz CT molecular complexity index is 1440. The minimum Gasteiger partial charge on any atom is -0.338 e. The topological polar surface area (TPSA) is 116 Å². The molecular weight excluding hydrogens is 488 g/mol. The van der Waals surface area contributed by atoms with Crippen LogP contribution in [0.4, 0.5) is 0 Å². The van der Waals surface area contributed by atoms with E-state index in [1.54, 1.807) is 12.3 Å². The number of rotatable bonds is 9. The molecule has 1 aliphatic rings. The highest BCUT2D eigenvalue weighted by molar-refractivity contribution is 6.30. The Labute approximate surface area is 220 Å². The predicted octanol–water partition coefficient (Wildman–Crippen LogP) is 4.59. The monoisotopic (exact) mass is 516 g/mol. The Morgan fingerprint density at radius 2 is 2.05 bits per heavy atom. The van der Waals surface area contributed by atoms with Gasteiger partial charge in [-0.05, 0) is 55.9 Å². The van der Waals surface area contributed by atoms with Crippen LogP contribution in [0.25, 0.3) is 11.0 Å². The Morgan fingerprint density at radius 3 is 2.81 bits per heavy atom. The molecule has 4 aromatic rings. The summed E-state index contributed by atoms with van der Waals surface area (Å²) in [6, 6.07) is 12.0. The molecule has 0 radical (unpaired) electrons. The zero-order valence-corrected chi connectivity index (χ0v) is 21.6. The second-order valence-electron chi connectivity index (χ2n) is 9.64. The van der Waals surface area contributed by atoms with Crippen LogP contribution in [-0.2, 0) is 19.9 Å². The fourth-order valence-electron chi connectivity index (χ4n) is 5.28. The van der Waals surface area contributed by atoms with Crippen molar-refractivity contribution in [2.24, 2.45) is 7.05 Å². The molecule has 4 heterocycles. The van der Waals surface area contributed by atoms with Crippen molar-refractivity contribution < 1.29 is 4.79 Å². The number of halogens is 1. The lowest BCUT2D eigenvalue weighted by Gasteiger charge is -2.17. The fourth-order valence-corrected chi connectivity index (χ4v) is 5.49. The molecule has 0 unspecified atom stereocenters. The van der Waals surface area contributed by atoms with Crippen LogP contribution >= 0.6 is 11.6 Å². The Morgan fingerprint density at radius 1 is 1.22 bits per heavy atom. The molecule has 37 heavy (non-hydrogen) atoms. The molecule has 1 fully saturated rings. The molecule has 190 valence electrons. The lowest BCUT2D eigenvalue weighted by atomic mass is 10.0. The van der Waals surface area contributed by atoms with Crippen LogP contribution in [0.5, 0.6) is 0 Å². The van der Waals surface area contributed by atoms with Crippen LogP contribution in [0.2, 0.25) is 5.02 Å².